The van der Waals surface area contributed by atoms with Crippen molar-refractivity contribution in [2.24, 2.45) is 7.05 Å². The average molecular weight is 545 g/mol. The number of aliphatic carboxylic acids is 1. The van der Waals surface area contributed by atoms with Crippen LogP contribution in [-0.2, 0) is 22.0 Å². The van der Waals surface area contributed by atoms with Crippen LogP contribution in [0.5, 0.6) is 0 Å². The number of carbonyl (C=O) groups excluding carboxylic acids is 1. The third-order valence-corrected chi connectivity index (χ3v) is 9.27. The molecule has 6 rings (SSSR count). The molecule has 0 unspecified atom stereocenters. The molecule has 0 aliphatic heterocycles. The number of rotatable bonds is 7. The number of fused-ring (bicyclic) bond motifs is 1. The summed E-state index contributed by atoms with van der Waals surface area (Å²) in [6.45, 7) is 1.83. The number of nitrogens with zero attached hydrogens (tertiary/aromatic N) is 3. The molecule has 1 saturated carbocycles. The highest BCUT2D eigenvalue weighted by atomic mass is 32.1. The van der Waals surface area contributed by atoms with Gasteiger partial charge in [0.1, 0.15) is 11.8 Å². The average Bonchev–Trinajstić information content (AvgIpc) is 3.34. The van der Waals surface area contributed by atoms with Crippen molar-refractivity contribution in [2.45, 2.75) is 31.3 Å². The van der Waals surface area contributed by atoms with Gasteiger partial charge in [0.25, 0.3) is 0 Å². The highest BCUT2D eigenvalue weighted by molar-refractivity contribution is 7.31. The summed E-state index contributed by atoms with van der Waals surface area (Å²) in [5.74, 6) is -0.279. The van der Waals surface area contributed by atoms with Crippen LogP contribution in [0.1, 0.15) is 37.0 Å². The van der Waals surface area contributed by atoms with Crippen molar-refractivity contribution in [3.8, 4) is 21.0 Å². The number of hydrogen-bond acceptors (Lipinski definition) is 7. The molecule has 1 aliphatic carbocycles. The Hall–Kier alpha value is -4.02. The van der Waals surface area contributed by atoms with E-state index in [1.807, 2.05) is 61.5 Å². The molecule has 1 amide bonds. The minimum atomic E-state index is -0.744. The Kier molecular flexibility index (Phi) is 6.00. The first kappa shape index (κ1) is 24.3. The minimum absolute atomic E-state index is 0.403. The minimum Gasteiger partial charge on any atom is -0.481 e. The van der Waals surface area contributed by atoms with Gasteiger partial charge in [0.05, 0.1) is 10.3 Å². The Morgan fingerprint density at radius 3 is 2.34 bits per heavy atom. The van der Waals surface area contributed by atoms with E-state index in [2.05, 4.69) is 27.8 Å². The van der Waals surface area contributed by atoms with E-state index in [1.165, 1.54) is 4.68 Å². The monoisotopic (exact) mass is 544 g/mol. The van der Waals surface area contributed by atoms with E-state index in [0.717, 1.165) is 35.8 Å². The normalized spacial score (nSPS) is 14.8. The highest BCUT2D eigenvalue weighted by Crippen LogP contribution is 2.49. The van der Waals surface area contributed by atoms with Crippen LogP contribution in [0.3, 0.4) is 0 Å². The number of carboxylic acid groups (broad SMARTS) is 1. The lowest BCUT2D eigenvalue weighted by Crippen LogP contribution is -2.19. The van der Waals surface area contributed by atoms with Crippen molar-refractivity contribution < 1.29 is 19.4 Å². The number of aromatic nitrogens is 3. The largest absolute Gasteiger partial charge is 0.481 e. The fraction of sp³-hybridized carbons (Fsp3) is 0.214. The summed E-state index contributed by atoms with van der Waals surface area (Å²) in [7, 11) is 1.72. The molecule has 0 spiro atoms. The van der Waals surface area contributed by atoms with Gasteiger partial charge in [0.15, 0.2) is 5.82 Å². The summed E-state index contributed by atoms with van der Waals surface area (Å²) in [5, 5.41) is 20.8. The molecule has 2 aromatic carbocycles. The summed E-state index contributed by atoms with van der Waals surface area (Å²) >= 11 is 3.24. The number of amides is 1. The lowest BCUT2D eigenvalue weighted by molar-refractivity contribution is -0.140. The summed E-state index contributed by atoms with van der Waals surface area (Å²) < 4.78 is 9.29. The van der Waals surface area contributed by atoms with Crippen LogP contribution in [0.15, 0.2) is 66.7 Å². The van der Waals surface area contributed by atoms with Crippen molar-refractivity contribution in [1.29, 1.82) is 0 Å². The Morgan fingerprint density at radius 2 is 1.68 bits per heavy atom. The quantitative estimate of drug-likeness (QED) is 0.232. The molecular formula is C28H24N4O4S2. The number of thiophene rings is 2. The van der Waals surface area contributed by atoms with E-state index in [0.29, 0.717) is 24.4 Å². The number of nitrogens with one attached hydrogen (secondary N) is 1. The zero-order chi connectivity index (χ0) is 26.4. The number of aryl methyl sites for hydroxylation is 1. The van der Waals surface area contributed by atoms with Crippen LogP contribution in [0.2, 0.25) is 0 Å². The maximum Gasteiger partial charge on any atom is 0.413 e. The molecule has 192 valence electrons. The second-order valence-electron chi connectivity index (χ2n) is 9.41. The van der Waals surface area contributed by atoms with E-state index < -0.39 is 23.6 Å². The Balaban J connectivity index is 1.20. The smallest absolute Gasteiger partial charge is 0.413 e. The molecule has 1 aliphatic rings. The van der Waals surface area contributed by atoms with Crippen molar-refractivity contribution in [3.63, 3.8) is 0 Å². The number of anilines is 1. The van der Waals surface area contributed by atoms with E-state index in [1.54, 1.807) is 29.7 Å². The lowest BCUT2D eigenvalue weighted by atomic mass is 9.95. The van der Waals surface area contributed by atoms with Crippen LogP contribution in [0, 0.1) is 0 Å². The van der Waals surface area contributed by atoms with Crippen molar-refractivity contribution >= 4 is 50.0 Å². The molecule has 38 heavy (non-hydrogen) atoms. The first-order valence-electron chi connectivity index (χ1n) is 12.1. The standard InChI is InChI=1S/C28H24N4O4S2/c1-16(17-6-4-3-5-7-17)36-27(35)29-25-24(30-31-32(25)2)23-15-22-21(38-23)14-20(37-22)18-8-10-19(11-9-18)28(12-13-28)26(33)34/h3-11,14-16H,12-13H2,1-2H3,(H,29,35)(H,33,34)/t16-/m1/s1. The van der Waals surface area contributed by atoms with E-state index in [4.69, 9.17) is 4.74 Å². The third kappa shape index (κ3) is 4.35. The molecule has 1 fully saturated rings. The van der Waals surface area contributed by atoms with Gasteiger partial charge in [0, 0.05) is 21.3 Å². The van der Waals surface area contributed by atoms with Gasteiger partial charge in [-0.15, -0.1) is 27.8 Å². The summed E-state index contributed by atoms with van der Waals surface area (Å²) in [6.07, 6.45) is 0.414. The summed E-state index contributed by atoms with van der Waals surface area (Å²) in [5.41, 5.74) is 2.72. The molecule has 2 N–H and O–H groups in total. The van der Waals surface area contributed by atoms with Crippen molar-refractivity contribution in [1.82, 2.24) is 15.0 Å². The number of benzene rings is 2. The molecule has 3 heterocycles. The zero-order valence-corrected chi connectivity index (χ0v) is 22.3. The second-order valence-corrected chi connectivity index (χ2v) is 11.6. The number of carbonyl (C=O) groups is 2. The molecule has 0 bridgehead atoms. The van der Waals surface area contributed by atoms with Crippen molar-refractivity contribution in [2.75, 3.05) is 5.32 Å². The summed E-state index contributed by atoms with van der Waals surface area (Å²) in [4.78, 5) is 26.3. The molecule has 1 atom stereocenters. The fourth-order valence-electron chi connectivity index (χ4n) is 4.54. The number of carboxylic acids is 1. The maximum atomic E-state index is 12.7. The van der Waals surface area contributed by atoms with Gasteiger partial charge in [-0.1, -0.05) is 59.8 Å². The molecule has 5 aromatic rings. The van der Waals surface area contributed by atoms with Gasteiger partial charge in [-0.05, 0) is 48.6 Å². The Labute approximate surface area is 226 Å². The van der Waals surface area contributed by atoms with Crippen molar-refractivity contribution in [3.05, 3.63) is 77.9 Å². The predicted molar refractivity (Wildman–Crippen MR) is 149 cm³/mol. The third-order valence-electron chi connectivity index (χ3n) is 6.92. The van der Waals surface area contributed by atoms with E-state index >= 15 is 0 Å². The topological polar surface area (TPSA) is 106 Å². The van der Waals surface area contributed by atoms with Crippen LogP contribution in [-0.4, -0.2) is 32.2 Å². The van der Waals surface area contributed by atoms with E-state index in [9.17, 15) is 14.7 Å². The Bertz CT molecular complexity index is 1620. The maximum absolute atomic E-state index is 12.7. The number of ether oxygens (including phenoxy) is 1. The molecule has 8 nitrogen and oxygen atoms in total. The van der Waals surface area contributed by atoms with Crippen LogP contribution < -0.4 is 5.32 Å². The second kappa shape index (κ2) is 9.38. The molecular weight excluding hydrogens is 520 g/mol. The summed E-state index contributed by atoms with van der Waals surface area (Å²) in [6, 6.07) is 21.6. The zero-order valence-electron chi connectivity index (χ0n) is 20.7. The Morgan fingerprint density at radius 1 is 1.03 bits per heavy atom. The lowest BCUT2D eigenvalue weighted by Gasteiger charge is -2.14. The van der Waals surface area contributed by atoms with Gasteiger partial charge in [-0.3, -0.25) is 10.1 Å². The van der Waals surface area contributed by atoms with Gasteiger partial charge in [0.2, 0.25) is 0 Å². The molecule has 0 saturated heterocycles. The fourth-order valence-corrected chi connectivity index (χ4v) is 6.93. The van der Waals surface area contributed by atoms with Gasteiger partial charge < -0.3 is 9.84 Å². The van der Waals surface area contributed by atoms with E-state index in [-0.39, 0.29) is 0 Å². The van der Waals surface area contributed by atoms with Gasteiger partial charge >= 0.3 is 12.1 Å². The van der Waals surface area contributed by atoms with Crippen LogP contribution in [0.25, 0.3) is 30.4 Å². The molecule has 10 heteroatoms. The number of hydrogen-bond donors (Lipinski definition) is 2. The predicted octanol–water partition coefficient (Wildman–Crippen LogP) is 6.85. The molecule has 3 aromatic heterocycles. The molecule has 0 radical (unpaired) electrons. The van der Waals surface area contributed by atoms with Crippen LogP contribution in [0.4, 0.5) is 10.6 Å². The first-order chi connectivity index (χ1) is 18.3. The SMILES string of the molecule is C[C@@H](OC(=O)Nc1c(-c2cc3sc(-c4ccc(C5(C(=O)O)CC5)cc4)cc3s2)nnn1C)c1ccccc1. The first-order valence-corrected chi connectivity index (χ1v) is 13.8. The highest BCUT2D eigenvalue weighted by Gasteiger charge is 2.51. The van der Waals surface area contributed by atoms with Gasteiger partial charge in [-0.25, -0.2) is 9.48 Å². The van der Waals surface area contributed by atoms with Gasteiger partial charge in [-0.2, -0.15) is 0 Å². The van der Waals surface area contributed by atoms with Crippen LogP contribution >= 0.6 is 22.7 Å².